The Labute approximate surface area is 187 Å². The van der Waals surface area contributed by atoms with Crippen molar-refractivity contribution < 1.29 is 14.3 Å². The van der Waals surface area contributed by atoms with Crippen molar-refractivity contribution in [1.29, 1.82) is 0 Å². The zero-order chi connectivity index (χ0) is 22.5. The van der Waals surface area contributed by atoms with E-state index in [4.69, 9.17) is 5.11 Å². The van der Waals surface area contributed by atoms with Crippen molar-refractivity contribution in [2.45, 2.75) is 45.9 Å². The van der Waals surface area contributed by atoms with Gasteiger partial charge in [0, 0.05) is 28.0 Å². The summed E-state index contributed by atoms with van der Waals surface area (Å²) in [5.74, 6) is -1.04. The van der Waals surface area contributed by atoms with Gasteiger partial charge in [-0.1, -0.05) is 24.3 Å². The maximum atomic E-state index is 13.3. The second-order valence-electron chi connectivity index (χ2n) is 8.09. The van der Waals surface area contributed by atoms with Crippen LogP contribution in [0.3, 0.4) is 0 Å². The summed E-state index contributed by atoms with van der Waals surface area (Å²) in [6, 6.07) is 19.0. The molecule has 0 aliphatic rings. The van der Waals surface area contributed by atoms with Crippen LogP contribution in [0.5, 0.6) is 0 Å². The lowest BCUT2D eigenvalue weighted by Crippen LogP contribution is -2.35. The van der Waals surface area contributed by atoms with Crippen molar-refractivity contribution in [3.05, 3.63) is 76.9 Å². The fourth-order valence-electron chi connectivity index (χ4n) is 3.38. The van der Waals surface area contributed by atoms with Crippen LogP contribution in [-0.4, -0.2) is 35.1 Å². The Morgan fingerprint density at radius 2 is 1.61 bits per heavy atom. The number of carboxylic acids is 1. The van der Waals surface area contributed by atoms with E-state index in [1.54, 1.807) is 18.3 Å². The van der Waals surface area contributed by atoms with E-state index in [2.05, 4.69) is 55.1 Å². The molecule has 0 fully saturated rings. The van der Waals surface area contributed by atoms with Gasteiger partial charge in [0.15, 0.2) is 0 Å². The number of halogens is 1. The molecule has 0 saturated heterocycles. The van der Waals surface area contributed by atoms with Gasteiger partial charge in [-0.05, 0) is 75.3 Å². The third-order valence-corrected chi connectivity index (χ3v) is 6.58. The molecule has 0 saturated carbocycles. The first-order chi connectivity index (χ1) is 14.7. The van der Waals surface area contributed by atoms with Crippen molar-refractivity contribution in [3.8, 4) is 10.4 Å². The summed E-state index contributed by atoms with van der Waals surface area (Å²) in [4.78, 5) is 17.6. The lowest BCUT2D eigenvalue weighted by molar-refractivity contribution is -0.142. The molecule has 4 nitrogen and oxygen atoms in total. The summed E-state index contributed by atoms with van der Waals surface area (Å²) >= 11 is 1.75. The predicted molar refractivity (Wildman–Crippen MR) is 126 cm³/mol. The van der Waals surface area contributed by atoms with Gasteiger partial charge in [-0.15, -0.1) is 11.3 Å². The number of likely N-dealkylation sites (N-methyl/N-ethyl adjacent to an activating group) is 1. The van der Waals surface area contributed by atoms with Crippen molar-refractivity contribution in [3.63, 3.8) is 0 Å². The smallest absolute Gasteiger partial charge is 0.320 e. The van der Waals surface area contributed by atoms with Gasteiger partial charge in [0.1, 0.15) is 11.9 Å². The van der Waals surface area contributed by atoms with Gasteiger partial charge in [-0.25, -0.2) is 4.39 Å². The number of rotatable bonds is 9. The quantitative estimate of drug-likeness (QED) is 0.452. The average Bonchev–Trinajstić information content (AvgIpc) is 3.21. The van der Waals surface area contributed by atoms with Crippen molar-refractivity contribution in [1.82, 2.24) is 4.90 Å². The Morgan fingerprint density at radius 3 is 2.19 bits per heavy atom. The highest BCUT2D eigenvalue weighted by Gasteiger charge is 2.17. The topological polar surface area (TPSA) is 43.8 Å². The summed E-state index contributed by atoms with van der Waals surface area (Å²) in [6.07, 6.45) is 0. The van der Waals surface area contributed by atoms with E-state index >= 15 is 0 Å². The first kappa shape index (κ1) is 23.0. The zero-order valence-corrected chi connectivity index (χ0v) is 19.2. The molecule has 1 N–H and O–H groups in total. The van der Waals surface area contributed by atoms with Gasteiger partial charge < -0.3 is 10.0 Å². The highest BCUT2D eigenvalue weighted by atomic mass is 32.1. The molecular weight excluding hydrogens is 411 g/mol. The minimum absolute atomic E-state index is 0.224. The SMILES string of the molecule is CC(C(=O)O)N(C)Cc1ccc(-c2ccc(CN(c3ccc(F)cc3)C(C)C)s2)cc1. The number of carbonyl (C=O) groups is 1. The second-order valence-corrected chi connectivity index (χ2v) is 9.26. The number of hydrogen-bond donors (Lipinski definition) is 1. The van der Waals surface area contributed by atoms with Gasteiger partial charge in [0.2, 0.25) is 0 Å². The summed E-state index contributed by atoms with van der Waals surface area (Å²) in [6.45, 7) is 7.32. The van der Waals surface area contributed by atoms with Crippen LogP contribution in [0.1, 0.15) is 31.2 Å². The highest BCUT2D eigenvalue weighted by molar-refractivity contribution is 7.15. The predicted octanol–water partition coefficient (Wildman–Crippen LogP) is 5.87. The van der Waals surface area contributed by atoms with Crippen LogP contribution in [0.4, 0.5) is 10.1 Å². The third kappa shape index (κ3) is 5.93. The number of aliphatic carboxylic acids is 1. The molecule has 3 aromatic rings. The second kappa shape index (κ2) is 10.1. The van der Waals surface area contributed by atoms with Crippen LogP contribution in [0.25, 0.3) is 10.4 Å². The van der Waals surface area contributed by atoms with Gasteiger partial charge >= 0.3 is 5.97 Å². The van der Waals surface area contributed by atoms with Gasteiger partial charge in [-0.2, -0.15) is 0 Å². The van der Waals surface area contributed by atoms with Crippen molar-refractivity contribution >= 4 is 23.0 Å². The fraction of sp³-hybridized carbons (Fsp3) is 0.320. The molecule has 3 rings (SSSR count). The molecule has 164 valence electrons. The van der Waals surface area contributed by atoms with Gasteiger partial charge in [0.05, 0.1) is 6.54 Å². The molecule has 0 amide bonds. The summed E-state index contributed by atoms with van der Waals surface area (Å²) in [5, 5.41) is 9.15. The zero-order valence-electron chi connectivity index (χ0n) is 18.4. The molecule has 1 unspecified atom stereocenters. The molecular formula is C25H29FN2O2S. The van der Waals surface area contributed by atoms with Gasteiger partial charge in [0.25, 0.3) is 0 Å². The maximum Gasteiger partial charge on any atom is 0.320 e. The molecule has 1 heterocycles. The van der Waals surface area contributed by atoms with E-state index in [1.807, 2.05) is 24.1 Å². The van der Waals surface area contributed by atoms with Crippen LogP contribution < -0.4 is 4.90 Å². The molecule has 1 atom stereocenters. The first-order valence-electron chi connectivity index (χ1n) is 10.4. The molecule has 2 aromatic carbocycles. The van der Waals surface area contributed by atoms with Crippen molar-refractivity contribution in [2.24, 2.45) is 0 Å². The molecule has 0 spiro atoms. The number of carboxylic acid groups (broad SMARTS) is 1. The van der Waals surface area contributed by atoms with Crippen LogP contribution in [0.15, 0.2) is 60.7 Å². The minimum atomic E-state index is -0.818. The Bertz CT molecular complexity index is 999. The number of anilines is 1. The van der Waals surface area contributed by atoms with E-state index in [0.717, 1.165) is 23.4 Å². The molecule has 6 heteroatoms. The number of nitrogens with zero attached hydrogens (tertiary/aromatic N) is 2. The van der Waals surface area contributed by atoms with E-state index in [9.17, 15) is 9.18 Å². The van der Waals surface area contributed by atoms with E-state index in [0.29, 0.717) is 12.6 Å². The Balaban J connectivity index is 1.69. The van der Waals surface area contributed by atoms with Crippen LogP contribution in [-0.2, 0) is 17.9 Å². The molecule has 31 heavy (non-hydrogen) atoms. The van der Waals surface area contributed by atoms with Crippen molar-refractivity contribution in [2.75, 3.05) is 11.9 Å². The molecule has 0 bridgehead atoms. The Morgan fingerprint density at radius 1 is 0.968 bits per heavy atom. The summed E-state index contributed by atoms with van der Waals surface area (Å²) < 4.78 is 13.3. The maximum absolute atomic E-state index is 13.3. The van der Waals surface area contributed by atoms with Crippen LogP contribution in [0, 0.1) is 5.82 Å². The minimum Gasteiger partial charge on any atom is -0.480 e. The number of benzene rings is 2. The van der Waals surface area contributed by atoms with Crippen LogP contribution >= 0.6 is 11.3 Å². The standard InChI is InChI=1S/C25H29FN2O2S/c1-17(2)28(22-11-9-21(26)10-12-22)16-23-13-14-24(31-23)20-7-5-19(6-8-20)15-27(4)18(3)25(29)30/h5-14,17-18H,15-16H2,1-4H3,(H,29,30). The third-order valence-electron chi connectivity index (χ3n) is 5.46. The van der Waals surface area contributed by atoms with Gasteiger partial charge in [-0.3, -0.25) is 9.69 Å². The first-order valence-corrected chi connectivity index (χ1v) is 11.2. The van der Waals surface area contributed by atoms with E-state index in [-0.39, 0.29) is 5.82 Å². The lowest BCUT2D eigenvalue weighted by atomic mass is 10.1. The average molecular weight is 441 g/mol. The number of hydrogen-bond acceptors (Lipinski definition) is 4. The van der Waals surface area contributed by atoms with E-state index in [1.165, 1.54) is 21.9 Å². The van der Waals surface area contributed by atoms with Crippen LogP contribution in [0.2, 0.25) is 0 Å². The molecule has 1 aromatic heterocycles. The molecule has 0 aliphatic carbocycles. The monoisotopic (exact) mass is 440 g/mol. The Hall–Kier alpha value is -2.70. The summed E-state index contributed by atoms with van der Waals surface area (Å²) in [5.41, 5.74) is 3.24. The molecule has 0 aliphatic heterocycles. The largest absolute Gasteiger partial charge is 0.480 e. The van der Waals surface area contributed by atoms with E-state index < -0.39 is 12.0 Å². The number of thiophene rings is 1. The normalized spacial score (nSPS) is 12.4. The Kier molecular flexibility index (Phi) is 7.46. The highest BCUT2D eigenvalue weighted by Crippen LogP contribution is 2.31. The molecule has 0 radical (unpaired) electrons. The lowest BCUT2D eigenvalue weighted by Gasteiger charge is -2.28. The fourth-order valence-corrected chi connectivity index (χ4v) is 4.39. The summed E-state index contributed by atoms with van der Waals surface area (Å²) in [7, 11) is 1.82.